The highest BCUT2D eigenvalue weighted by atomic mass is 19.3. The van der Waals surface area contributed by atoms with Gasteiger partial charge >= 0.3 is 6.55 Å². The third kappa shape index (κ3) is 3.75. The van der Waals surface area contributed by atoms with Crippen molar-refractivity contribution in [3.63, 3.8) is 0 Å². The summed E-state index contributed by atoms with van der Waals surface area (Å²) >= 11 is 0. The van der Waals surface area contributed by atoms with E-state index in [0.717, 1.165) is 56.7 Å². The Kier molecular flexibility index (Phi) is 5.59. The zero-order valence-corrected chi connectivity index (χ0v) is 16.2. The lowest BCUT2D eigenvalue weighted by molar-refractivity contribution is -0.131. The number of aromatic nitrogens is 2. The van der Waals surface area contributed by atoms with E-state index in [1.807, 2.05) is 17.9 Å². The van der Waals surface area contributed by atoms with E-state index >= 15 is 0 Å². The van der Waals surface area contributed by atoms with Gasteiger partial charge in [-0.15, -0.1) is 0 Å². The van der Waals surface area contributed by atoms with Crippen molar-refractivity contribution >= 4 is 16.9 Å². The summed E-state index contributed by atoms with van der Waals surface area (Å²) < 4.78 is 28.5. The molecular formula is C20H27F2N5O. The average molecular weight is 391 g/mol. The van der Waals surface area contributed by atoms with Crippen LogP contribution in [-0.4, -0.2) is 76.0 Å². The van der Waals surface area contributed by atoms with Gasteiger partial charge in [0.25, 0.3) is 0 Å². The summed E-state index contributed by atoms with van der Waals surface area (Å²) in [7, 11) is 0. The van der Waals surface area contributed by atoms with E-state index in [1.54, 1.807) is 18.2 Å². The van der Waals surface area contributed by atoms with E-state index in [2.05, 4.69) is 14.8 Å². The number of likely N-dealkylation sites (tertiary alicyclic amines) is 1. The first-order chi connectivity index (χ1) is 13.5. The maximum absolute atomic E-state index is 13.7. The van der Waals surface area contributed by atoms with Crippen molar-refractivity contribution in [2.75, 3.05) is 45.8 Å². The number of hydrogen-bond donors (Lipinski definition) is 0. The SMILES string of the molecule is C[C@@H](c1nc2ccccc2n1C(F)F)N1CCN(CC(=O)N2CCCC2)CC1. The summed E-state index contributed by atoms with van der Waals surface area (Å²) in [5.74, 6) is 0.608. The van der Waals surface area contributed by atoms with Gasteiger partial charge < -0.3 is 4.90 Å². The number of halogens is 2. The van der Waals surface area contributed by atoms with Crippen molar-refractivity contribution < 1.29 is 13.6 Å². The van der Waals surface area contributed by atoms with Gasteiger partial charge in [-0.3, -0.25) is 19.2 Å². The normalized spacial score (nSPS) is 20.4. The number of carbonyl (C=O) groups excluding carboxylic acids is 1. The molecule has 4 rings (SSSR count). The number of fused-ring (bicyclic) bond motifs is 1. The minimum absolute atomic E-state index is 0.207. The monoisotopic (exact) mass is 391 g/mol. The number of imidazole rings is 1. The molecule has 0 radical (unpaired) electrons. The predicted molar refractivity (Wildman–Crippen MR) is 103 cm³/mol. The zero-order chi connectivity index (χ0) is 19.7. The van der Waals surface area contributed by atoms with Crippen LogP contribution in [0.25, 0.3) is 11.0 Å². The average Bonchev–Trinajstić information content (AvgIpc) is 3.36. The summed E-state index contributed by atoms with van der Waals surface area (Å²) in [4.78, 5) is 23.1. The molecule has 152 valence electrons. The van der Waals surface area contributed by atoms with E-state index in [-0.39, 0.29) is 11.9 Å². The fourth-order valence-electron chi connectivity index (χ4n) is 4.29. The largest absolute Gasteiger partial charge is 0.342 e. The van der Waals surface area contributed by atoms with E-state index in [4.69, 9.17) is 0 Å². The van der Waals surface area contributed by atoms with Crippen molar-refractivity contribution in [2.24, 2.45) is 0 Å². The van der Waals surface area contributed by atoms with Crippen LogP contribution in [0.2, 0.25) is 0 Å². The van der Waals surface area contributed by atoms with Crippen molar-refractivity contribution in [2.45, 2.75) is 32.4 Å². The van der Waals surface area contributed by atoms with Crippen LogP contribution in [0.15, 0.2) is 24.3 Å². The number of amides is 1. The van der Waals surface area contributed by atoms with E-state index in [1.165, 1.54) is 0 Å². The van der Waals surface area contributed by atoms with E-state index in [9.17, 15) is 13.6 Å². The minimum atomic E-state index is -2.62. The summed E-state index contributed by atoms with van der Waals surface area (Å²) in [6, 6.07) is 6.82. The number of piperazine rings is 1. The topological polar surface area (TPSA) is 44.6 Å². The number of rotatable bonds is 5. The smallest absolute Gasteiger partial charge is 0.320 e. The van der Waals surface area contributed by atoms with Crippen LogP contribution < -0.4 is 0 Å². The Labute approximate surface area is 163 Å². The van der Waals surface area contributed by atoms with Crippen molar-refractivity contribution in [3.05, 3.63) is 30.1 Å². The molecule has 3 heterocycles. The molecule has 8 heteroatoms. The first-order valence-corrected chi connectivity index (χ1v) is 10.0. The second-order valence-electron chi connectivity index (χ2n) is 7.68. The quantitative estimate of drug-likeness (QED) is 0.786. The van der Waals surface area contributed by atoms with Crippen LogP contribution in [0.4, 0.5) is 8.78 Å². The highest BCUT2D eigenvalue weighted by Crippen LogP contribution is 2.29. The highest BCUT2D eigenvalue weighted by Gasteiger charge is 2.29. The van der Waals surface area contributed by atoms with Gasteiger partial charge in [0.2, 0.25) is 5.91 Å². The zero-order valence-electron chi connectivity index (χ0n) is 16.2. The molecule has 1 atom stereocenters. The Bertz CT molecular complexity index is 825. The maximum atomic E-state index is 13.7. The first-order valence-electron chi connectivity index (χ1n) is 10.0. The van der Waals surface area contributed by atoms with Crippen LogP contribution in [0.1, 0.15) is 38.2 Å². The van der Waals surface area contributed by atoms with Gasteiger partial charge in [0.15, 0.2) is 0 Å². The minimum Gasteiger partial charge on any atom is -0.342 e. The van der Waals surface area contributed by atoms with Gasteiger partial charge in [0.1, 0.15) is 5.82 Å². The van der Waals surface area contributed by atoms with E-state index in [0.29, 0.717) is 23.4 Å². The molecule has 0 N–H and O–H groups in total. The molecule has 0 aliphatic carbocycles. The molecule has 0 spiro atoms. The molecule has 2 aliphatic heterocycles. The van der Waals surface area contributed by atoms with Gasteiger partial charge in [-0.05, 0) is 31.9 Å². The van der Waals surface area contributed by atoms with Crippen LogP contribution in [-0.2, 0) is 4.79 Å². The second-order valence-corrected chi connectivity index (χ2v) is 7.68. The van der Waals surface area contributed by atoms with Crippen LogP contribution >= 0.6 is 0 Å². The summed E-state index contributed by atoms with van der Waals surface area (Å²) in [5.41, 5.74) is 1.06. The van der Waals surface area contributed by atoms with Gasteiger partial charge in [0.05, 0.1) is 23.6 Å². The number of carbonyl (C=O) groups is 1. The molecule has 2 fully saturated rings. The number of nitrogens with zero attached hydrogens (tertiary/aromatic N) is 5. The molecule has 1 amide bonds. The Morgan fingerprint density at radius 2 is 1.75 bits per heavy atom. The summed E-state index contributed by atoms with van der Waals surface area (Å²) in [6.45, 7) is 4.52. The van der Waals surface area contributed by atoms with Crippen molar-refractivity contribution in [1.29, 1.82) is 0 Å². The van der Waals surface area contributed by atoms with Gasteiger partial charge in [-0.2, -0.15) is 8.78 Å². The lowest BCUT2D eigenvalue weighted by Gasteiger charge is -2.38. The standard InChI is InChI=1S/C20H27F2N5O/c1-15(19-23-16-6-2-3-7-17(16)27(19)20(21)22)25-12-10-24(11-13-25)14-18(28)26-8-4-5-9-26/h2-3,6-7,15,20H,4-5,8-14H2,1H3/t15-/m0/s1. The lowest BCUT2D eigenvalue weighted by atomic mass is 10.2. The molecule has 28 heavy (non-hydrogen) atoms. The molecule has 0 unspecified atom stereocenters. The second kappa shape index (κ2) is 8.13. The van der Waals surface area contributed by atoms with Crippen LogP contribution in [0.5, 0.6) is 0 Å². The fourth-order valence-corrected chi connectivity index (χ4v) is 4.29. The van der Waals surface area contributed by atoms with Gasteiger partial charge in [-0.25, -0.2) is 4.98 Å². The van der Waals surface area contributed by atoms with Crippen LogP contribution in [0.3, 0.4) is 0 Å². The summed E-state index contributed by atoms with van der Waals surface area (Å²) in [5, 5.41) is 0. The molecule has 1 aromatic heterocycles. The number of benzene rings is 1. The third-order valence-corrected chi connectivity index (χ3v) is 5.96. The number of alkyl halides is 2. The van der Waals surface area contributed by atoms with E-state index < -0.39 is 6.55 Å². The van der Waals surface area contributed by atoms with Crippen molar-refractivity contribution in [1.82, 2.24) is 24.3 Å². The molecule has 0 bridgehead atoms. The Morgan fingerprint density at radius 1 is 1.07 bits per heavy atom. The highest BCUT2D eigenvalue weighted by molar-refractivity contribution is 5.78. The molecule has 2 saturated heterocycles. The Morgan fingerprint density at radius 3 is 2.43 bits per heavy atom. The Hall–Kier alpha value is -2.06. The molecule has 1 aromatic carbocycles. The van der Waals surface area contributed by atoms with Crippen LogP contribution in [0, 0.1) is 0 Å². The molecular weight excluding hydrogens is 364 g/mol. The fraction of sp³-hybridized carbons (Fsp3) is 0.600. The predicted octanol–water partition coefficient (Wildman–Crippen LogP) is 2.73. The first kappa shape index (κ1) is 19.3. The van der Waals surface area contributed by atoms with Crippen molar-refractivity contribution in [3.8, 4) is 0 Å². The Balaban J connectivity index is 1.41. The molecule has 6 nitrogen and oxygen atoms in total. The molecule has 0 saturated carbocycles. The summed E-state index contributed by atoms with van der Waals surface area (Å²) in [6.07, 6.45) is 2.20. The third-order valence-electron chi connectivity index (χ3n) is 5.96. The maximum Gasteiger partial charge on any atom is 0.320 e. The van der Waals surface area contributed by atoms with Gasteiger partial charge in [-0.1, -0.05) is 12.1 Å². The molecule has 2 aliphatic rings. The number of hydrogen-bond acceptors (Lipinski definition) is 4. The molecule has 2 aromatic rings. The van der Waals surface area contributed by atoms with Gasteiger partial charge in [0, 0.05) is 39.3 Å². The number of para-hydroxylation sites is 2. The lowest BCUT2D eigenvalue weighted by Crippen LogP contribution is -2.50.